The molecule has 0 unspecified atom stereocenters. The number of rotatable bonds is 2. The molecular weight excluding hydrogens is 240 g/mol. The fraction of sp³-hybridized carbons (Fsp3) is 0.400. The zero-order chi connectivity index (χ0) is 13.3. The molecule has 0 spiro atoms. The highest BCUT2D eigenvalue weighted by Crippen LogP contribution is 2.32. The van der Waals surface area contributed by atoms with Crippen LogP contribution in [0.2, 0.25) is 0 Å². The van der Waals surface area contributed by atoms with Crippen LogP contribution in [0.4, 0.5) is 5.13 Å². The molecular formula is C15H20N2S. The number of nitrogen functional groups attached to an aromatic ring is 1. The number of nitrogens with zero attached hydrogens (tertiary/aromatic N) is 1. The van der Waals surface area contributed by atoms with Crippen molar-refractivity contribution in [3.8, 4) is 0 Å². The lowest BCUT2D eigenvalue weighted by molar-refractivity contribution is 0.568. The van der Waals surface area contributed by atoms with E-state index in [9.17, 15) is 0 Å². The minimum atomic E-state index is 0.0478. The Morgan fingerprint density at radius 1 is 1.22 bits per heavy atom. The van der Waals surface area contributed by atoms with Gasteiger partial charge in [0.05, 0.1) is 5.69 Å². The lowest BCUT2D eigenvalue weighted by Gasteiger charge is -2.17. The average Bonchev–Trinajstić information content (AvgIpc) is 2.63. The second-order valence-electron chi connectivity index (χ2n) is 5.68. The monoisotopic (exact) mass is 260 g/mol. The van der Waals surface area contributed by atoms with Crippen molar-refractivity contribution in [1.82, 2.24) is 4.98 Å². The van der Waals surface area contributed by atoms with Crippen LogP contribution in [0.25, 0.3) is 0 Å². The fourth-order valence-electron chi connectivity index (χ4n) is 2.06. The van der Waals surface area contributed by atoms with E-state index in [2.05, 4.69) is 56.9 Å². The van der Waals surface area contributed by atoms with Crippen molar-refractivity contribution < 1.29 is 0 Å². The third-order valence-electron chi connectivity index (χ3n) is 3.04. The zero-order valence-electron chi connectivity index (χ0n) is 11.4. The van der Waals surface area contributed by atoms with Gasteiger partial charge in [-0.25, -0.2) is 4.98 Å². The summed E-state index contributed by atoms with van der Waals surface area (Å²) in [7, 11) is 0. The molecule has 0 aliphatic carbocycles. The van der Waals surface area contributed by atoms with Gasteiger partial charge in [0.15, 0.2) is 5.13 Å². The summed E-state index contributed by atoms with van der Waals surface area (Å²) in [4.78, 5) is 5.79. The van der Waals surface area contributed by atoms with Gasteiger partial charge >= 0.3 is 0 Å². The Morgan fingerprint density at radius 2 is 1.89 bits per heavy atom. The lowest BCUT2D eigenvalue weighted by atomic mass is 9.90. The van der Waals surface area contributed by atoms with Gasteiger partial charge < -0.3 is 5.73 Å². The molecule has 2 N–H and O–H groups in total. The Labute approximate surface area is 113 Å². The number of hydrogen-bond acceptors (Lipinski definition) is 3. The predicted molar refractivity (Wildman–Crippen MR) is 79.2 cm³/mol. The number of aromatic nitrogens is 1. The van der Waals surface area contributed by atoms with E-state index in [1.165, 1.54) is 16.0 Å². The predicted octanol–water partition coefficient (Wildman–Crippen LogP) is 3.92. The van der Waals surface area contributed by atoms with Crippen LogP contribution in [0.1, 0.15) is 42.5 Å². The second-order valence-corrected chi connectivity index (χ2v) is 6.79. The van der Waals surface area contributed by atoms with E-state index in [1.807, 2.05) is 0 Å². The van der Waals surface area contributed by atoms with Crippen LogP contribution in [0.3, 0.4) is 0 Å². The molecule has 1 aromatic heterocycles. The first-order valence-electron chi connectivity index (χ1n) is 6.18. The van der Waals surface area contributed by atoms with E-state index in [1.54, 1.807) is 11.3 Å². The first-order chi connectivity index (χ1) is 8.38. The SMILES string of the molecule is Cc1ccccc1Cc1sc(N)nc1C(C)(C)C. The molecule has 2 aromatic rings. The van der Waals surface area contributed by atoms with Gasteiger partial charge in [-0.15, -0.1) is 11.3 Å². The zero-order valence-corrected chi connectivity index (χ0v) is 12.3. The van der Waals surface area contributed by atoms with Crippen molar-refractivity contribution in [2.45, 2.75) is 39.5 Å². The Balaban J connectivity index is 2.38. The highest BCUT2D eigenvalue weighted by Gasteiger charge is 2.22. The van der Waals surface area contributed by atoms with Gasteiger partial charge in [0.2, 0.25) is 0 Å². The van der Waals surface area contributed by atoms with E-state index in [0.717, 1.165) is 12.1 Å². The van der Waals surface area contributed by atoms with Crippen molar-refractivity contribution in [1.29, 1.82) is 0 Å². The van der Waals surface area contributed by atoms with E-state index in [0.29, 0.717) is 5.13 Å². The third-order valence-corrected chi connectivity index (χ3v) is 3.92. The quantitative estimate of drug-likeness (QED) is 0.888. The molecule has 3 heteroatoms. The lowest BCUT2D eigenvalue weighted by Crippen LogP contribution is -2.14. The van der Waals surface area contributed by atoms with E-state index in [4.69, 9.17) is 5.73 Å². The Hall–Kier alpha value is -1.35. The second kappa shape index (κ2) is 4.73. The van der Waals surface area contributed by atoms with E-state index >= 15 is 0 Å². The van der Waals surface area contributed by atoms with Crippen LogP contribution in [0.5, 0.6) is 0 Å². The average molecular weight is 260 g/mol. The smallest absolute Gasteiger partial charge is 0.180 e. The molecule has 1 aromatic carbocycles. The first-order valence-corrected chi connectivity index (χ1v) is 7.00. The molecule has 96 valence electrons. The summed E-state index contributed by atoms with van der Waals surface area (Å²) in [5.74, 6) is 0. The molecule has 0 radical (unpaired) electrons. The van der Waals surface area contributed by atoms with E-state index < -0.39 is 0 Å². The maximum atomic E-state index is 5.88. The van der Waals surface area contributed by atoms with Crippen LogP contribution in [-0.2, 0) is 11.8 Å². The molecule has 2 rings (SSSR count). The van der Waals surface area contributed by atoms with Crippen LogP contribution < -0.4 is 5.73 Å². The van der Waals surface area contributed by atoms with Gasteiger partial charge in [-0.2, -0.15) is 0 Å². The first kappa shape index (κ1) is 13.1. The summed E-state index contributed by atoms with van der Waals surface area (Å²) < 4.78 is 0. The van der Waals surface area contributed by atoms with Gasteiger partial charge in [0.25, 0.3) is 0 Å². The standard InChI is InChI=1S/C15H20N2S/c1-10-7-5-6-8-11(10)9-12-13(15(2,3)4)17-14(16)18-12/h5-8H,9H2,1-4H3,(H2,16,17). The van der Waals surface area contributed by atoms with Gasteiger partial charge in [-0.3, -0.25) is 0 Å². The molecule has 0 amide bonds. The molecule has 2 nitrogen and oxygen atoms in total. The van der Waals surface area contributed by atoms with Crippen LogP contribution >= 0.6 is 11.3 Å². The number of aryl methyl sites for hydroxylation is 1. The van der Waals surface area contributed by atoms with E-state index in [-0.39, 0.29) is 5.41 Å². The van der Waals surface area contributed by atoms with Crippen molar-refractivity contribution in [2.24, 2.45) is 0 Å². The van der Waals surface area contributed by atoms with Crippen LogP contribution in [0.15, 0.2) is 24.3 Å². The van der Waals surface area contributed by atoms with Gasteiger partial charge in [0, 0.05) is 16.7 Å². The van der Waals surface area contributed by atoms with Crippen molar-refractivity contribution in [3.63, 3.8) is 0 Å². The minimum Gasteiger partial charge on any atom is -0.375 e. The number of hydrogen-bond donors (Lipinski definition) is 1. The summed E-state index contributed by atoms with van der Waals surface area (Å²) in [6.45, 7) is 8.70. The number of thiazole rings is 1. The van der Waals surface area contributed by atoms with Crippen LogP contribution in [-0.4, -0.2) is 4.98 Å². The summed E-state index contributed by atoms with van der Waals surface area (Å²) >= 11 is 1.61. The highest BCUT2D eigenvalue weighted by atomic mass is 32.1. The highest BCUT2D eigenvalue weighted by molar-refractivity contribution is 7.15. The summed E-state index contributed by atoms with van der Waals surface area (Å²) in [6.07, 6.45) is 0.925. The molecule has 0 fully saturated rings. The maximum Gasteiger partial charge on any atom is 0.180 e. The normalized spacial score (nSPS) is 11.8. The summed E-state index contributed by atoms with van der Waals surface area (Å²) in [5, 5.41) is 0.670. The van der Waals surface area contributed by atoms with Crippen molar-refractivity contribution >= 4 is 16.5 Å². The number of nitrogens with two attached hydrogens (primary N) is 1. The molecule has 0 atom stereocenters. The number of benzene rings is 1. The summed E-state index contributed by atoms with van der Waals surface area (Å²) in [6, 6.07) is 8.49. The van der Waals surface area contributed by atoms with Gasteiger partial charge in [0.1, 0.15) is 0 Å². The maximum absolute atomic E-state index is 5.88. The molecule has 0 aliphatic rings. The van der Waals surface area contributed by atoms with Crippen molar-refractivity contribution in [3.05, 3.63) is 46.0 Å². The molecule has 0 aliphatic heterocycles. The molecule has 0 bridgehead atoms. The van der Waals surface area contributed by atoms with Crippen molar-refractivity contribution in [2.75, 3.05) is 5.73 Å². The fourth-order valence-corrected chi connectivity index (χ4v) is 3.12. The number of anilines is 1. The summed E-state index contributed by atoms with van der Waals surface area (Å²) in [5.41, 5.74) is 9.73. The largest absolute Gasteiger partial charge is 0.375 e. The van der Waals surface area contributed by atoms with Gasteiger partial charge in [-0.1, -0.05) is 45.0 Å². The molecule has 1 heterocycles. The van der Waals surface area contributed by atoms with Crippen LogP contribution in [0, 0.1) is 6.92 Å². The Bertz CT molecular complexity index is 550. The van der Waals surface area contributed by atoms with Gasteiger partial charge in [-0.05, 0) is 18.1 Å². The molecule has 18 heavy (non-hydrogen) atoms. The Morgan fingerprint density at radius 3 is 2.50 bits per heavy atom. The third kappa shape index (κ3) is 2.72. The topological polar surface area (TPSA) is 38.9 Å². The molecule has 0 saturated carbocycles. The molecule has 0 saturated heterocycles. The Kier molecular flexibility index (Phi) is 3.44. The minimum absolute atomic E-state index is 0.0478.